The molecule has 4 heterocycles. The summed E-state index contributed by atoms with van der Waals surface area (Å²) in [7, 11) is 1.32. The summed E-state index contributed by atoms with van der Waals surface area (Å²) in [5, 5.41) is 19.9. The smallest absolute Gasteiger partial charge is 0.338 e. The monoisotopic (exact) mass is 546 g/mol. The Labute approximate surface area is 220 Å². The maximum Gasteiger partial charge on any atom is 0.338 e. The molecule has 3 aromatic rings. The van der Waals surface area contributed by atoms with Crippen molar-refractivity contribution in [3.8, 4) is 0 Å². The largest absolute Gasteiger partial charge is 0.466 e. The van der Waals surface area contributed by atoms with Crippen LogP contribution in [-0.2, 0) is 20.7 Å². The molecule has 5 rings (SSSR count). The van der Waals surface area contributed by atoms with Crippen molar-refractivity contribution in [3.05, 3.63) is 68.3 Å². The number of aliphatic imine (C=N–C) groups is 1. The predicted octanol–water partition coefficient (Wildman–Crippen LogP) is 2.30. The lowest BCUT2D eigenvalue weighted by molar-refractivity contribution is -0.136. The maximum atomic E-state index is 13.8. The number of hydrogen-bond acceptors (Lipinski definition) is 11. The van der Waals surface area contributed by atoms with Gasteiger partial charge in [0.05, 0.1) is 25.4 Å². The number of nitrogens with zero attached hydrogens (tertiary/aromatic N) is 6. The van der Waals surface area contributed by atoms with E-state index in [1.165, 1.54) is 30.6 Å². The standard InChI is InChI=1S/C23H24ClFN8O3S/c1-35-23(34)19-17(12-33-7-8-36-14(11-33)3-5-18-29-31-32-30-18)27-21(22-26-6-9-37-22)28-20(19)15-4-2-13(25)10-16(15)24/h2,4,6,9-10,14,20H,3,5,7-8,11-12H2,1H3,(H,27,28)(H,29,30,31,32)/t14-,20+/m1/s1. The van der Waals surface area contributed by atoms with Gasteiger partial charge in [-0.3, -0.25) is 9.89 Å². The number of amidine groups is 1. The van der Waals surface area contributed by atoms with E-state index >= 15 is 0 Å². The molecule has 14 heteroatoms. The molecule has 11 nitrogen and oxygen atoms in total. The second kappa shape index (κ2) is 11.4. The molecule has 2 aliphatic rings. The minimum atomic E-state index is -0.800. The van der Waals surface area contributed by atoms with Crippen molar-refractivity contribution in [1.29, 1.82) is 0 Å². The third-order valence-corrected chi connectivity index (χ3v) is 7.23. The highest BCUT2D eigenvalue weighted by atomic mass is 35.5. The summed E-state index contributed by atoms with van der Waals surface area (Å²) in [6, 6.07) is 3.25. The van der Waals surface area contributed by atoms with Crippen LogP contribution in [0.5, 0.6) is 0 Å². The van der Waals surface area contributed by atoms with Crippen molar-refractivity contribution in [2.45, 2.75) is 25.0 Å². The van der Waals surface area contributed by atoms with Gasteiger partial charge in [0, 0.05) is 53.9 Å². The molecule has 1 fully saturated rings. The Hall–Kier alpha value is -3.26. The van der Waals surface area contributed by atoms with E-state index in [0.717, 1.165) is 6.42 Å². The summed E-state index contributed by atoms with van der Waals surface area (Å²) in [6.07, 6.45) is 3.05. The van der Waals surface area contributed by atoms with E-state index in [1.807, 2.05) is 5.38 Å². The molecule has 0 amide bonds. The number of rotatable bonds is 8. The van der Waals surface area contributed by atoms with E-state index in [0.29, 0.717) is 66.2 Å². The molecule has 0 unspecified atom stereocenters. The van der Waals surface area contributed by atoms with Crippen molar-refractivity contribution < 1.29 is 18.7 Å². The van der Waals surface area contributed by atoms with E-state index in [-0.39, 0.29) is 11.1 Å². The quantitative estimate of drug-likeness (QED) is 0.409. The molecule has 0 spiro atoms. The van der Waals surface area contributed by atoms with Gasteiger partial charge in [-0.05, 0) is 29.0 Å². The number of morpholine rings is 1. The van der Waals surface area contributed by atoms with Crippen LogP contribution in [0.4, 0.5) is 4.39 Å². The van der Waals surface area contributed by atoms with Gasteiger partial charge >= 0.3 is 5.97 Å². The molecule has 194 valence electrons. The molecular weight excluding hydrogens is 523 g/mol. The Morgan fingerprint density at radius 2 is 2.30 bits per heavy atom. The summed E-state index contributed by atoms with van der Waals surface area (Å²) < 4.78 is 24.9. The molecule has 0 bridgehead atoms. The number of aromatic amines is 1. The Kier molecular flexibility index (Phi) is 7.84. The number of hydrogen-bond donors (Lipinski definition) is 2. The molecule has 1 aromatic carbocycles. The van der Waals surface area contributed by atoms with E-state index in [2.05, 4.69) is 35.8 Å². The van der Waals surface area contributed by atoms with Gasteiger partial charge in [-0.1, -0.05) is 17.7 Å². The molecule has 0 saturated carbocycles. The van der Waals surface area contributed by atoms with Gasteiger partial charge in [-0.15, -0.1) is 16.4 Å². The molecule has 2 N–H and O–H groups in total. The van der Waals surface area contributed by atoms with Crippen molar-refractivity contribution in [2.75, 3.05) is 33.4 Å². The third-order valence-electron chi connectivity index (χ3n) is 6.12. The fraction of sp³-hybridized carbons (Fsp3) is 0.391. The number of nitrogens with one attached hydrogen (secondary N) is 2. The number of benzene rings is 1. The Bertz CT molecular complexity index is 1300. The fourth-order valence-corrected chi connectivity index (χ4v) is 5.23. The van der Waals surface area contributed by atoms with Gasteiger partial charge in [-0.25, -0.2) is 19.3 Å². The number of aromatic nitrogens is 5. The van der Waals surface area contributed by atoms with Gasteiger partial charge in [0.2, 0.25) is 0 Å². The lowest BCUT2D eigenvalue weighted by Crippen LogP contribution is -2.46. The normalized spacial score (nSPS) is 20.5. The average Bonchev–Trinajstić information content (AvgIpc) is 3.62. The van der Waals surface area contributed by atoms with Crippen molar-refractivity contribution in [1.82, 2.24) is 35.8 Å². The summed E-state index contributed by atoms with van der Waals surface area (Å²) in [4.78, 5) is 24.4. The second-order valence-electron chi connectivity index (χ2n) is 8.51. The first kappa shape index (κ1) is 25.4. The van der Waals surface area contributed by atoms with Crippen LogP contribution in [0.1, 0.15) is 28.9 Å². The first-order valence-electron chi connectivity index (χ1n) is 11.6. The number of thiazole rings is 1. The molecule has 2 aromatic heterocycles. The number of carbonyl (C=O) groups excluding carboxylic acids is 1. The number of ether oxygens (including phenoxy) is 2. The number of esters is 1. The number of tetrazole rings is 1. The number of aryl methyl sites for hydroxylation is 1. The van der Waals surface area contributed by atoms with Gasteiger partial charge in [0.1, 0.15) is 17.7 Å². The van der Waals surface area contributed by atoms with Crippen LogP contribution >= 0.6 is 22.9 Å². The molecule has 1 saturated heterocycles. The Balaban J connectivity index is 1.45. The number of methoxy groups -OCH3 is 1. The maximum absolute atomic E-state index is 13.8. The highest BCUT2D eigenvalue weighted by Gasteiger charge is 2.35. The van der Waals surface area contributed by atoms with Gasteiger partial charge in [0.15, 0.2) is 10.8 Å². The molecule has 37 heavy (non-hydrogen) atoms. The summed E-state index contributed by atoms with van der Waals surface area (Å²) in [5.74, 6) is 0.188. The fourth-order valence-electron chi connectivity index (χ4n) is 4.37. The lowest BCUT2D eigenvalue weighted by Gasteiger charge is -2.35. The van der Waals surface area contributed by atoms with E-state index in [1.54, 1.807) is 12.3 Å². The van der Waals surface area contributed by atoms with E-state index in [9.17, 15) is 9.18 Å². The van der Waals surface area contributed by atoms with Crippen LogP contribution < -0.4 is 5.32 Å². The average molecular weight is 547 g/mol. The minimum absolute atomic E-state index is 0.0287. The van der Waals surface area contributed by atoms with Gasteiger partial charge in [-0.2, -0.15) is 0 Å². The molecule has 2 atom stereocenters. The SMILES string of the molecule is COC(=O)C1=C(CN2CCO[C@H](CCc3nnn[nH]3)C2)NC(c2nccs2)=N[C@H]1c1ccc(F)cc1Cl. The molecule has 0 radical (unpaired) electrons. The Morgan fingerprint density at radius 1 is 1.41 bits per heavy atom. The molecule has 0 aliphatic carbocycles. The summed E-state index contributed by atoms with van der Waals surface area (Å²) >= 11 is 7.84. The number of carbonyl (C=O) groups is 1. The van der Waals surface area contributed by atoms with Crippen molar-refractivity contribution in [2.24, 2.45) is 4.99 Å². The lowest BCUT2D eigenvalue weighted by atomic mass is 9.95. The summed E-state index contributed by atoms with van der Waals surface area (Å²) in [6.45, 7) is 2.27. The zero-order valence-electron chi connectivity index (χ0n) is 19.9. The highest BCUT2D eigenvalue weighted by Crippen LogP contribution is 2.37. The topological polar surface area (TPSA) is 131 Å². The zero-order valence-corrected chi connectivity index (χ0v) is 21.4. The minimum Gasteiger partial charge on any atom is -0.466 e. The first-order valence-corrected chi connectivity index (χ1v) is 12.8. The molecule has 2 aliphatic heterocycles. The summed E-state index contributed by atoms with van der Waals surface area (Å²) in [5.41, 5.74) is 1.43. The van der Waals surface area contributed by atoms with E-state index < -0.39 is 17.8 Å². The van der Waals surface area contributed by atoms with E-state index in [4.69, 9.17) is 26.1 Å². The van der Waals surface area contributed by atoms with Crippen molar-refractivity contribution >= 4 is 34.7 Å². The van der Waals surface area contributed by atoms with Gasteiger partial charge < -0.3 is 14.8 Å². The van der Waals surface area contributed by atoms with Crippen LogP contribution in [-0.4, -0.2) is 81.8 Å². The van der Waals surface area contributed by atoms with Crippen LogP contribution in [0.25, 0.3) is 0 Å². The highest BCUT2D eigenvalue weighted by molar-refractivity contribution is 7.11. The van der Waals surface area contributed by atoms with Gasteiger partial charge in [0.25, 0.3) is 0 Å². The van der Waals surface area contributed by atoms with Crippen LogP contribution in [0.3, 0.4) is 0 Å². The second-order valence-corrected chi connectivity index (χ2v) is 9.81. The first-order chi connectivity index (χ1) is 18.0. The zero-order chi connectivity index (χ0) is 25.8. The number of halogens is 2. The van der Waals surface area contributed by atoms with Crippen LogP contribution in [0, 0.1) is 5.82 Å². The predicted molar refractivity (Wildman–Crippen MR) is 134 cm³/mol. The van der Waals surface area contributed by atoms with Crippen molar-refractivity contribution in [3.63, 3.8) is 0 Å². The van der Waals surface area contributed by atoms with Crippen LogP contribution in [0.2, 0.25) is 5.02 Å². The number of H-pyrrole nitrogens is 1. The molecular formula is C23H24ClFN8O3S. The Morgan fingerprint density at radius 3 is 3.03 bits per heavy atom. The van der Waals surface area contributed by atoms with Crippen LogP contribution in [0.15, 0.2) is 46.0 Å². The third kappa shape index (κ3) is 5.85.